The number of fused-ring (bicyclic) bond motifs is 1. The summed E-state index contributed by atoms with van der Waals surface area (Å²) in [6, 6.07) is 13.0. The predicted octanol–water partition coefficient (Wildman–Crippen LogP) is 5.15. The van der Waals surface area contributed by atoms with Gasteiger partial charge < -0.3 is 10.1 Å². The van der Waals surface area contributed by atoms with Crippen molar-refractivity contribution in [2.75, 3.05) is 5.32 Å². The highest BCUT2D eigenvalue weighted by molar-refractivity contribution is 9.10. The molecule has 110 valence electrons. The maximum absolute atomic E-state index is 12.3. The van der Waals surface area contributed by atoms with Crippen LogP contribution in [0, 0.1) is 0 Å². The second kappa shape index (κ2) is 6.02. The average molecular weight is 354 g/mol. The topological polar surface area (TPSA) is 21.3 Å². The Morgan fingerprint density at radius 2 is 2.00 bits per heavy atom. The zero-order chi connectivity index (χ0) is 14.8. The predicted molar refractivity (Wildman–Crippen MR) is 81.9 cm³/mol. The van der Waals surface area contributed by atoms with Gasteiger partial charge in [0.05, 0.1) is 6.04 Å². The summed E-state index contributed by atoms with van der Waals surface area (Å²) >= 11 is 3.57. The minimum absolute atomic E-state index is 0.169. The minimum Gasteiger partial charge on any atom is -0.435 e. The van der Waals surface area contributed by atoms with E-state index in [0.29, 0.717) is 0 Å². The first-order valence-corrected chi connectivity index (χ1v) is 7.51. The molecule has 0 bridgehead atoms. The molecule has 2 nitrogen and oxygen atoms in total. The van der Waals surface area contributed by atoms with Crippen LogP contribution in [-0.4, -0.2) is 6.61 Å². The summed E-state index contributed by atoms with van der Waals surface area (Å²) < 4.78 is 30.1. The lowest BCUT2D eigenvalue weighted by Gasteiger charge is -2.16. The highest BCUT2D eigenvalue weighted by Crippen LogP contribution is 2.37. The van der Waals surface area contributed by atoms with Gasteiger partial charge in [0.2, 0.25) is 0 Å². The molecule has 1 unspecified atom stereocenters. The van der Waals surface area contributed by atoms with Crippen molar-refractivity contribution >= 4 is 21.6 Å². The molecule has 1 N–H and O–H groups in total. The van der Waals surface area contributed by atoms with Crippen molar-refractivity contribution in [3.63, 3.8) is 0 Å². The SMILES string of the molecule is FC(F)Oc1cccc(NC2CCc3c(Br)cccc32)c1. The highest BCUT2D eigenvalue weighted by atomic mass is 79.9. The van der Waals surface area contributed by atoms with E-state index in [1.807, 2.05) is 18.2 Å². The summed E-state index contributed by atoms with van der Waals surface area (Å²) in [6.07, 6.45) is 1.99. The fourth-order valence-electron chi connectivity index (χ4n) is 2.72. The molecule has 2 aromatic carbocycles. The van der Waals surface area contributed by atoms with Crippen LogP contribution in [0.1, 0.15) is 23.6 Å². The van der Waals surface area contributed by atoms with E-state index in [4.69, 9.17) is 0 Å². The number of anilines is 1. The molecule has 0 aromatic heterocycles. The van der Waals surface area contributed by atoms with Crippen molar-refractivity contribution in [2.45, 2.75) is 25.5 Å². The molecule has 1 aliphatic rings. The fraction of sp³-hybridized carbons (Fsp3) is 0.250. The third-order valence-electron chi connectivity index (χ3n) is 3.61. The zero-order valence-electron chi connectivity index (χ0n) is 11.2. The van der Waals surface area contributed by atoms with Gasteiger partial charge in [0.25, 0.3) is 0 Å². The Bertz CT molecular complexity index is 648. The van der Waals surface area contributed by atoms with Crippen molar-refractivity contribution in [1.29, 1.82) is 0 Å². The number of hydrogen-bond acceptors (Lipinski definition) is 2. The first-order chi connectivity index (χ1) is 10.1. The van der Waals surface area contributed by atoms with Crippen LogP contribution in [0.25, 0.3) is 0 Å². The quantitative estimate of drug-likeness (QED) is 0.820. The van der Waals surface area contributed by atoms with Gasteiger partial charge in [-0.05, 0) is 42.2 Å². The van der Waals surface area contributed by atoms with Crippen LogP contribution in [0.2, 0.25) is 0 Å². The highest BCUT2D eigenvalue weighted by Gasteiger charge is 2.23. The monoisotopic (exact) mass is 353 g/mol. The van der Waals surface area contributed by atoms with Crippen LogP contribution in [0.15, 0.2) is 46.9 Å². The molecule has 0 spiro atoms. The second-order valence-electron chi connectivity index (χ2n) is 4.95. The number of halogens is 3. The molecule has 2 aromatic rings. The molecule has 0 radical (unpaired) electrons. The van der Waals surface area contributed by atoms with Crippen LogP contribution >= 0.6 is 15.9 Å². The first kappa shape index (κ1) is 14.3. The van der Waals surface area contributed by atoms with E-state index in [1.165, 1.54) is 17.2 Å². The molecule has 0 saturated carbocycles. The van der Waals surface area contributed by atoms with E-state index in [0.717, 1.165) is 23.0 Å². The third-order valence-corrected chi connectivity index (χ3v) is 4.36. The third kappa shape index (κ3) is 3.18. The minimum atomic E-state index is -2.80. The number of alkyl halides is 2. The molecular formula is C16H14BrF2NO. The number of benzene rings is 2. The van der Waals surface area contributed by atoms with Gasteiger partial charge in [0.1, 0.15) is 5.75 Å². The lowest BCUT2D eigenvalue weighted by atomic mass is 10.1. The Morgan fingerprint density at radius 3 is 2.81 bits per heavy atom. The first-order valence-electron chi connectivity index (χ1n) is 6.72. The van der Waals surface area contributed by atoms with Crippen molar-refractivity contribution in [3.05, 3.63) is 58.1 Å². The smallest absolute Gasteiger partial charge is 0.387 e. The maximum Gasteiger partial charge on any atom is 0.387 e. The summed E-state index contributed by atoms with van der Waals surface area (Å²) in [4.78, 5) is 0. The van der Waals surface area contributed by atoms with Gasteiger partial charge in [-0.15, -0.1) is 0 Å². The normalized spacial score (nSPS) is 16.9. The Labute approximate surface area is 130 Å². The molecule has 0 amide bonds. The molecule has 5 heteroatoms. The van der Waals surface area contributed by atoms with Gasteiger partial charge in [-0.2, -0.15) is 8.78 Å². The lowest BCUT2D eigenvalue weighted by Crippen LogP contribution is -2.08. The number of ether oxygens (including phenoxy) is 1. The van der Waals surface area contributed by atoms with Crippen molar-refractivity contribution in [3.8, 4) is 5.75 Å². The summed E-state index contributed by atoms with van der Waals surface area (Å²) in [5.74, 6) is 0.169. The van der Waals surface area contributed by atoms with Gasteiger partial charge in [-0.3, -0.25) is 0 Å². The number of hydrogen-bond donors (Lipinski definition) is 1. The Kier molecular flexibility index (Phi) is 4.10. The largest absolute Gasteiger partial charge is 0.435 e. The van der Waals surface area contributed by atoms with E-state index in [-0.39, 0.29) is 11.8 Å². The van der Waals surface area contributed by atoms with Crippen LogP contribution in [-0.2, 0) is 6.42 Å². The van der Waals surface area contributed by atoms with Gasteiger partial charge in [0.15, 0.2) is 0 Å². The fourth-order valence-corrected chi connectivity index (χ4v) is 3.30. The summed E-state index contributed by atoms with van der Waals surface area (Å²) in [5.41, 5.74) is 3.35. The van der Waals surface area contributed by atoms with E-state index in [2.05, 4.69) is 32.0 Å². The Morgan fingerprint density at radius 1 is 1.19 bits per heavy atom. The van der Waals surface area contributed by atoms with Crippen LogP contribution in [0.5, 0.6) is 5.75 Å². The maximum atomic E-state index is 12.3. The second-order valence-corrected chi connectivity index (χ2v) is 5.80. The van der Waals surface area contributed by atoms with E-state index in [9.17, 15) is 8.78 Å². The van der Waals surface area contributed by atoms with Crippen LogP contribution in [0.4, 0.5) is 14.5 Å². The van der Waals surface area contributed by atoms with Crippen LogP contribution < -0.4 is 10.1 Å². The Balaban J connectivity index is 1.78. The van der Waals surface area contributed by atoms with Crippen molar-refractivity contribution in [1.82, 2.24) is 0 Å². The molecule has 1 aliphatic carbocycles. The summed E-state index contributed by atoms with van der Waals surface area (Å²) in [7, 11) is 0. The van der Waals surface area contributed by atoms with Gasteiger partial charge >= 0.3 is 6.61 Å². The standard InChI is InChI=1S/C16H14BrF2NO/c17-14-6-2-5-13-12(14)7-8-15(13)20-10-3-1-4-11(9-10)21-16(18)19/h1-6,9,15-16,20H,7-8H2. The summed E-state index contributed by atoms with van der Waals surface area (Å²) in [5, 5.41) is 3.39. The van der Waals surface area contributed by atoms with E-state index < -0.39 is 6.61 Å². The molecule has 3 rings (SSSR count). The lowest BCUT2D eigenvalue weighted by molar-refractivity contribution is -0.0498. The van der Waals surface area contributed by atoms with E-state index >= 15 is 0 Å². The molecule has 21 heavy (non-hydrogen) atoms. The molecule has 1 atom stereocenters. The van der Waals surface area contributed by atoms with Gasteiger partial charge in [0, 0.05) is 16.2 Å². The molecular weight excluding hydrogens is 340 g/mol. The van der Waals surface area contributed by atoms with Crippen molar-refractivity contribution < 1.29 is 13.5 Å². The molecule has 0 saturated heterocycles. The number of rotatable bonds is 4. The van der Waals surface area contributed by atoms with Gasteiger partial charge in [-0.25, -0.2) is 0 Å². The molecule has 0 heterocycles. The van der Waals surface area contributed by atoms with Crippen LogP contribution in [0.3, 0.4) is 0 Å². The molecule has 0 fully saturated rings. The molecule has 0 aliphatic heterocycles. The van der Waals surface area contributed by atoms with E-state index in [1.54, 1.807) is 12.1 Å². The number of nitrogens with one attached hydrogen (secondary N) is 1. The zero-order valence-corrected chi connectivity index (χ0v) is 12.7. The Hall–Kier alpha value is -1.62. The average Bonchev–Trinajstić information content (AvgIpc) is 2.83. The van der Waals surface area contributed by atoms with Gasteiger partial charge in [-0.1, -0.05) is 34.1 Å². The van der Waals surface area contributed by atoms with Crippen molar-refractivity contribution in [2.24, 2.45) is 0 Å². The summed E-state index contributed by atoms with van der Waals surface area (Å²) in [6.45, 7) is -2.80.